The van der Waals surface area contributed by atoms with Crippen molar-refractivity contribution in [1.82, 2.24) is 15.2 Å². The number of aromatic nitrogens is 1. The molecule has 0 saturated carbocycles. The van der Waals surface area contributed by atoms with E-state index in [0.29, 0.717) is 48.6 Å². The van der Waals surface area contributed by atoms with Gasteiger partial charge >= 0.3 is 5.97 Å². The summed E-state index contributed by atoms with van der Waals surface area (Å²) < 4.78 is 18.0. The van der Waals surface area contributed by atoms with Gasteiger partial charge in [0.2, 0.25) is 5.91 Å². The summed E-state index contributed by atoms with van der Waals surface area (Å²) in [7, 11) is 1.31. The van der Waals surface area contributed by atoms with Crippen molar-refractivity contribution in [3.63, 3.8) is 0 Å². The van der Waals surface area contributed by atoms with E-state index in [1.807, 2.05) is 0 Å². The van der Waals surface area contributed by atoms with Gasteiger partial charge in [-0.2, -0.15) is 0 Å². The number of piperidine rings is 1. The second-order valence-corrected chi connectivity index (χ2v) is 7.96. The molecule has 1 saturated heterocycles. The molecule has 0 unspecified atom stereocenters. The fraction of sp³-hybridized carbons (Fsp3) is 0.435. The molecule has 3 rings (SSSR count). The SMILES string of the molecule is COC(=O)c1c(C)[nH]c(C(=O)N2CCC(CC(=O)NCc3cccc(F)c3)CC2)c1C. The second kappa shape index (κ2) is 9.76. The lowest BCUT2D eigenvalue weighted by Crippen LogP contribution is -2.40. The molecule has 1 aliphatic heterocycles. The number of hydrogen-bond acceptors (Lipinski definition) is 4. The monoisotopic (exact) mass is 429 g/mol. The predicted octanol–water partition coefficient (Wildman–Crippen LogP) is 3.12. The highest BCUT2D eigenvalue weighted by molar-refractivity contribution is 6.00. The molecule has 0 aliphatic carbocycles. The number of likely N-dealkylation sites (tertiary alicyclic amines) is 1. The molecule has 0 atom stereocenters. The van der Waals surface area contributed by atoms with Gasteiger partial charge in [0.15, 0.2) is 0 Å². The third-order valence-electron chi connectivity index (χ3n) is 5.80. The zero-order chi connectivity index (χ0) is 22.5. The lowest BCUT2D eigenvalue weighted by Gasteiger charge is -2.31. The van der Waals surface area contributed by atoms with Crippen LogP contribution in [0.25, 0.3) is 0 Å². The number of aromatic amines is 1. The average Bonchev–Trinajstić information content (AvgIpc) is 3.05. The number of ether oxygens (including phenoxy) is 1. The molecular formula is C23H28FN3O4. The summed E-state index contributed by atoms with van der Waals surface area (Å²) in [5, 5.41) is 2.83. The van der Waals surface area contributed by atoms with E-state index in [2.05, 4.69) is 10.3 Å². The van der Waals surface area contributed by atoms with Crippen molar-refractivity contribution in [2.45, 2.75) is 39.7 Å². The van der Waals surface area contributed by atoms with Crippen molar-refractivity contribution >= 4 is 17.8 Å². The Hall–Kier alpha value is -3.16. The van der Waals surface area contributed by atoms with Crippen LogP contribution >= 0.6 is 0 Å². The molecular weight excluding hydrogens is 401 g/mol. The highest BCUT2D eigenvalue weighted by atomic mass is 19.1. The van der Waals surface area contributed by atoms with Gasteiger partial charge in [-0.05, 0) is 55.9 Å². The topological polar surface area (TPSA) is 91.5 Å². The number of H-pyrrole nitrogens is 1. The summed E-state index contributed by atoms with van der Waals surface area (Å²) in [6, 6.07) is 6.15. The van der Waals surface area contributed by atoms with E-state index in [-0.39, 0.29) is 23.5 Å². The zero-order valence-electron chi connectivity index (χ0n) is 18.1. The van der Waals surface area contributed by atoms with Crippen molar-refractivity contribution in [2.75, 3.05) is 20.2 Å². The minimum atomic E-state index is -0.465. The number of carbonyl (C=O) groups is 3. The molecule has 1 aromatic heterocycles. The average molecular weight is 429 g/mol. The third kappa shape index (κ3) is 5.31. The Bertz CT molecular complexity index is 977. The molecule has 1 aromatic carbocycles. The van der Waals surface area contributed by atoms with Crippen LogP contribution in [0.15, 0.2) is 24.3 Å². The molecule has 2 amide bonds. The maximum absolute atomic E-state index is 13.2. The van der Waals surface area contributed by atoms with Crippen molar-refractivity contribution in [3.05, 3.63) is 58.2 Å². The Morgan fingerprint density at radius 2 is 1.94 bits per heavy atom. The quantitative estimate of drug-likeness (QED) is 0.691. The predicted molar refractivity (Wildman–Crippen MR) is 113 cm³/mol. The third-order valence-corrected chi connectivity index (χ3v) is 5.80. The van der Waals surface area contributed by atoms with Crippen molar-refractivity contribution in [3.8, 4) is 0 Å². The summed E-state index contributed by atoms with van der Waals surface area (Å²) in [6.45, 7) is 4.86. The van der Waals surface area contributed by atoms with E-state index in [1.54, 1.807) is 30.9 Å². The zero-order valence-corrected chi connectivity index (χ0v) is 18.1. The molecule has 2 N–H and O–H groups in total. The lowest BCUT2D eigenvalue weighted by atomic mass is 9.93. The van der Waals surface area contributed by atoms with Crippen LogP contribution in [-0.4, -0.2) is 47.9 Å². The van der Waals surface area contributed by atoms with Gasteiger partial charge < -0.3 is 19.9 Å². The van der Waals surface area contributed by atoms with Gasteiger partial charge in [0, 0.05) is 31.7 Å². The summed E-state index contributed by atoms with van der Waals surface area (Å²) in [5.74, 6) is -0.825. The summed E-state index contributed by atoms with van der Waals surface area (Å²) in [4.78, 5) is 41.9. The molecule has 0 spiro atoms. The number of halogens is 1. The number of hydrogen-bond donors (Lipinski definition) is 2. The molecule has 0 radical (unpaired) electrons. The highest BCUT2D eigenvalue weighted by Gasteiger charge is 2.29. The van der Waals surface area contributed by atoms with Crippen LogP contribution in [0, 0.1) is 25.6 Å². The number of nitrogens with one attached hydrogen (secondary N) is 2. The van der Waals surface area contributed by atoms with Crippen LogP contribution < -0.4 is 5.32 Å². The minimum Gasteiger partial charge on any atom is -0.465 e. The summed E-state index contributed by atoms with van der Waals surface area (Å²) in [6.07, 6.45) is 1.83. The van der Waals surface area contributed by atoms with E-state index >= 15 is 0 Å². The van der Waals surface area contributed by atoms with E-state index in [0.717, 1.165) is 18.4 Å². The number of nitrogens with zero attached hydrogens (tertiary/aromatic N) is 1. The Morgan fingerprint density at radius 1 is 1.23 bits per heavy atom. The number of carbonyl (C=O) groups excluding carboxylic acids is 3. The highest BCUT2D eigenvalue weighted by Crippen LogP contribution is 2.25. The fourth-order valence-electron chi connectivity index (χ4n) is 4.05. The van der Waals surface area contributed by atoms with Crippen LogP contribution in [-0.2, 0) is 16.1 Å². The number of methoxy groups -OCH3 is 1. The minimum absolute atomic E-state index is 0.0763. The molecule has 31 heavy (non-hydrogen) atoms. The normalized spacial score (nSPS) is 14.4. The molecule has 0 bridgehead atoms. The fourth-order valence-corrected chi connectivity index (χ4v) is 4.05. The first-order valence-electron chi connectivity index (χ1n) is 10.4. The van der Waals surface area contributed by atoms with Crippen LogP contribution in [0.4, 0.5) is 4.39 Å². The van der Waals surface area contributed by atoms with E-state index in [4.69, 9.17) is 4.74 Å². The Balaban J connectivity index is 1.51. The van der Waals surface area contributed by atoms with Gasteiger partial charge in [-0.3, -0.25) is 9.59 Å². The number of amides is 2. The first-order chi connectivity index (χ1) is 14.8. The maximum Gasteiger partial charge on any atom is 0.339 e. The van der Waals surface area contributed by atoms with Gasteiger partial charge in [0.25, 0.3) is 5.91 Å². The van der Waals surface area contributed by atoms with Gasteiger partial charge in [-0.15, -0.1) is 0 Å². The Morgan fingerprint density at radius 3 is 2.58 bits per heavy atom. The number of rotatable bonds is 6. The molecule has 166 valence electrons. The summed E-state index contributed by atoms with van der Waals surface area (Å²) >= 11 is 0. The molecule has 8 heteroatoms. The smallest absolute Gasteiger partial charge is 0.339 e. The maximum atomic E-state index is 13.2. The molecule has 2 heterocycles. The number of aryl methyl sites for hydroxylation is 1. The van der Waals surface area contributed by atoms with Crippen molar-refractivity contribution < 1.29 is 23.5 Å². The van der Waals surface area contributed by atoms with E-state index in [9.17, 15) is 18.8 Å². The molecule has 7 nitrogen and oxygen atoms in total. The lowest BCUT2D eigenvalue weighted by molar-refractivity contribution is -0.122. The first kappa shape index (κ1) is 22.5. The Kier molecular flexibility index (Phi) is 7.09. The van der Waals surface area contributed by atoms with Crippen LogP contribution in [0.1, 0.15) is 56.9 Å². The summed E-state index contributed by atoms with van der Waals surface area (Å²) in [5.41, 5.74) is 2.72. The van der Waals surface area contributed by atoms with Gasteiger partial charge in [0.1, 0.15) is 11.5 Å². The van der Waals surface area contributed by atoms with E-state index in [1.165, 1.54) is 19.2 Å². The van der Waals surface area contributed by atoms with Crippen molar-refractivity contribution in [1.29, 1.82) is 0 Å². The van der Waals surface area contributed by atoms with Gasteiger partial charge in [-0.25, -0.2) is 9.18 Å². The van der Waals surface area contributed by atoms with Gasteiger partial charge in [-0.1, -0.05) is 12.1 Å². The van der Waals surface area contributed by atoms with Gasteiger partial charge in [0.05, 0.1) is 12.7 Å². The molecule has 1 fully saturated rings. The Labute approximate surface area is 181 Å². The largest absolute Gasteiger partial charge is 0.465 e. The second-order valence-electron chi connectivity index (χ2n) is 7.96. The van der Waals surface area contributed by atoms with Crippen LogP contribution in [0.2, 0.25) is 0 Å². The van der Waals surface area contributed by atoms with Crippen LogP contribution in [0.3, 0.4) is 0 Å². The van der Waals surface area contributed by atoms with Crippen molar-refractivity contribution in [2.24, 2.45) is 5.92 Å². The van der Waals surface area contributed by atoms with Crippen LogP contribution in [0.5, 0.6) is 0 Å². The van der Waals surface area contributed by atoms with E-state index < -0.39 is 5.97 Å². The standard InChI is InChI=1S/C23H28FN3O4/c1-14-20(23(30)31-3)15(2)26-21(14)22(29)27-9-7-16(8-10-27)12-19(28)25-13-17-5-4-6-18(24)11-17/h4-6,11,16,26H,7-10,12-13H2,1-3H3,(H,25,28). The number of benzene rings is 1. The first-order valence-corrected chi connectivity index (χ1v) is 10.4. The number of esters is 1. The molecule has 2 aromatic rings. The molecule has 1 aliphatic rings.